The summed E-state index contributed by atoms with van der Waals surface area (Å²) in [4.78, 5) is 14.2. The largest absolute Gasteiger partial charge is 0.315 e. The van der Waals surface area contributed by atoms with Crippen molar-refractivity contribution in [3.8, 4) is 12.8 Å². The number of benzene rings is 2. The summed E-state index contributed by atoms with van der Waals surface area (Å²) in [6.07, 6.45) is 17.2. The van der Waals surface area contributed by atoms with Crippen LogP contribution in [0.3, 0.4) is 0 Å². The minimum absolute atomic E-state index is 0.170. The lowest BCUT2D eigenvalue weighted by atomic mass is 10.0. The lowest BCUT2D eigenvalue weighted by molar-refractivity contribution is -0.117. The van der Waals surface area contributed by atoms with E-state index in [1.807, 2.05) is 33.2 Å². The van der Waals surface area contributed by atoms with E-state index in [1.54, 1.807) is 0 Å². The molecule has 0 spiro atoms. The van der Waals surface area contributed by atoms with Gasteiger partial charge >= 0.3 is 0 Å². The summed E-state index contributed by atoms with van der Waals surface area (Å²) in [5.41, 5.74) is 2.92. The Kier molecular flexibility index (Phi) is 20.4. The molecule has 1 aliphatic rings. The van der Waals surface area contributed by atoms with Gasteiger partial charge in [-0.05, 0) is 42.0 Å². The fourth-order valence-corrected chi connectivity index (χ4v) is 2.72. The van der Waals surface area contributed by atoms with E-state index in [-0.39, 0.29) is 11.7 Å². The van der Waals surface area contributed by atoms with Gasteiger partial charge in [0.05, 0.1) is 5.84 Å². The van der Waals surface area contributed by atoms with Gasteiger partial charge in [0.25, 0.3) is 0 Å². The van der Waals surface area contributed by atoms with E-state index in [9.17, 15) is 4.79 Å². The van der Waals surface area contributed by atoms with Crippen molar-refractivity contribution in [2.45, 2.75) is 73.6 Å². The van der Waals surface area contributed by atoms with Crippen molar-refractivity contribution < 1.29 is 4.79 Å². The maximum absolute atomic E-state index is 10.2. The van der Waals surface area contributed by atoms with E-state index >= 15 is 0 Å². The maximum atomic E-state index is 10.2. The van der Waals surface area contributed by atoms with Crippen LogP contribution in [0.5, 0.6) is 0 Å². The number of amides is 1. The Hall–Kier alpha value is -3.19. The Labute approximate surface area is 195 Å². The summed E-state index contributed by atoms with van der Waals surface area (Å²) >= 11 is 0. The topological polar surface area (TPSA) is 65.3 Å². The number of aliphatic imine (C=N–C) groups is 1. The number of nitrogens with zero attached hydrogens (tertiary/aromatic N) is 1. The molecular weight excluding hydrogens is 394 g/mol. The van der Waals surface area contributed by atoms with Gasteiger partial charge in [0.2, 0.25) is 5.91 Å². The lowest BCUT2D eigenvalue weighted by Gasteiger charge is -2.02. The normalized spacial score (nSPS) is 10.8. The third-order valence-corrected chi connectivity index (χ3v) is 4.35. The maximum Gasteiger partial charge on any atom is 0.222 e. The van der Waals surface area contributed by atoms with Gasteiger partial charge in [-0.25, -0.2) is 0 Å². The van der Waals surface area contributed by atoms with E-state index in [2.05, 4.69) is 79.5 Å². The first-order chi connectivity index (χ1) is 15.5. The average molecular weight is 436 g/mol. The summed E-state index contributed by atoms with van der Waals surface area (Å²) < 4.78 is 0. The van der Waals surface area contributed by atoms with Crippen LogP contribution in [0.2, 0.25) is 0 Å². The smallest absolute Gasteiger partial charge is 0.222 e. The van der Waals surface area contributed by atoms with Crippen LogP contribution in [0, 0.1) is 18.3 Å². The van der Waals surface area contributed by atoms with E-state index in [0.717, 1.165) is 19.3 Å². The Morgan fingerprint density at radius 2 is 1.66 bits per heavy atom. The molecule has 174 valence electrons. The SMILES string of the molecule is C#C.CC.CCC(=N)NC(C)=O.CCC1=CN=CCC1.CCc1cccc2ccccc12. The standard InChI is InChI=1S/C12H12.C7H11N.C5H10N2O.C2H6.C2H2/c1-2-10-7-5-8-11-6-3-4-9-12(10)11;1-2-7-4-3-5-8-6-7;1-3-5(6)7-4(2)8;2*1-2/h3-9H,2H2,1H3;5-6H,2-4H2,1H3;3H2,1-2H3,(H2,6,7,8);1-2H3;1-2H. The zero-order valence-electron chi connectivity index (χ0n) is 20.7. The summed E-state index contributed by atoms with van der Waals surface area (Å²) in [5.74, 6) is 0.106. The number of hydrogen-bond acceptors (Lipinski definition) is 3. The molecule has 3 rings (SSSR count). The third kappa shape index (κ3) is 13.9. The molecule has 0 saturated carbocycles. The first-order valence-electron chi connectivity index (χ1n) is 11.4. The molecule has 1 aliphatic heterocycles. The predicted octanol–water partition coefficient (Wildman–Crippen LogP) is 7.33. The number of rotatable bonds is 3. The van der Waals surface area contributed by atoms with Crippen LogP contribution in [-0.2, 0) is 11.2 Å². The molecule has 2 N–H and O–H groups in total. The fraction of sp³-hybridized carbons (Fsp3) is 0.393. The van der Waals surface area contributed by atoms with Crippen molar-refractivity contribution in [2.75, 3.05) is 0 Å². The van der Waals surface area contributed by atoms with Gasteiger partial charge in [-0.3, -0.25) is 15.2 Å². The highest BCUT2D eigenvalue weighted by Gasteiger charge is 1.96. The van der Waals surface area contributed by atoms with E-state index in [0.29, 0.717) is 6.42 Å². The van der Waals surface area contributed by atoms with Crippen molar-refractivity contribution in [2.24, 2.45) is 4.99 Å². The van der Waals surface area contributed by atoms with Gasteiger partial charge in [-0.2, -0.15) is 0 Å². The zero-order valence-corrected chi connectivity index (χ0v) is 20.7. The van der Waals surface area contributed by atoms with E-state index in [4.69, 9.17) is 5.41 Å². The molecule has 32 heavy (non-hydrogen) atoms. The first kappa shape index (κ1) is 31.0. The summed E-state index contributed by atoms with van der Waals surface area (Å²) in [5, 5.41) is 12.0. The van der Waals surface area contributed by atoms with Crippen LogP contribution < -0.4 is 5.32 Å². The van der Waals surface area contributed by atoms with Crippen molar-refractivity contribution >= 4 is 28.7 Å². The van der Waals surface area contributed by atoms with Crippen LogP contribution in [0.4, 0.5) is 0 Å². The molecule has 0 aliphatic carbocycles. The van der Waals surface area contributed by atoms with Gasteiger partial charge < -0.3 is 5.32 Å². The van der Waals surface area contributed by atoms with Crippen molar-refractivity contribution in [3.63, 3.8) is 0 Å². The van der Waals surface area contributed by atoms with Crippen LogP contribution >= 0.6 is 0 Å². The fourth-order valence-electron chi connectivity index (χ4n) is 2.72. The Morgan fingerprint density at radius 1 is 1.03 bits per heavy atom. The average Bonchev–Trinajstić information content (AvgIpc) is 2.87. The van der Waals surface area contributed by atoms with Gasteiger partial charge in [-0.1, -0.05) is 82.7 Å². The van der Waals surface area contributed by atoms with Crippen molar-refractivity contribution in [1.82, 2.24) is 5.32 Å². The molecule has 0 bridgehead atoms. The van der Waals surface area contributed by atoms with Crippen LogP contribution in [0.25, 0.3) is 10.8 Å². The molecule has 4 nitrogen and oxygen atoms in total. The van der Waals surface area contributed by atoms with Crippen LogP contribution in [0.1, 0.15) is 72.8 Å². The highest BCUT2D eigenvalue weighted by Crippen LogP contribution is 2.18. The van der Waals surface area contributed by atoms with Gasteiger partial charge in [-0.15, -0.1) is 12.8 Å². The Bertz CT molecular complexity index is 858. The Balaban J connectivity index is 0. The summed E-state index contributed by atoms with van der Waals surface area (Å²) in [7, 11) is 0. The number of aryl methyl sites for hydroxylation is 1. The number of allylic oxidation sites excluding steroid dienone is 1. The molecule has 2 aromatic carbocycles. The third-order valence-electron chi connectivity index (χ3n) is 4.35. The zero-order chi connectivity index (χ0) is 24.8. The molecule has 0 atom stereocenters. The molecular formula is C28H41N3O. The number of carbonyl (C=O) groups is 1. The van der Waals surface area contributed by atoms with Gasteiger partial charge in [0.1, 0.15) is 0 Å². The molecule has 0 fully saturated rings. The molecule has 0 saturated heterocycles. The molecule has 1 amide bonds. The number of carbonyl (C=O) groups excluding carboxylic acids is 1. The predicted molar refractivity (Wildman–Crippen MR) is 142 cm³/mol. The summed E-state index contributed by atoms with van der Waals surface area (Å²) in [6, 6.07) is 15.0. The molecule has 4 heteroatoms. The number of nitrogens with one attached hydrogen (secondary N) is 2. The molecule has 0 radical (unpaired) electrons. The van der Waals surface area contributed by atoms with E-state index < -0.39 is 0 Å². The van der Waals surface area contributed by atoms with Gasteiger partial charge in [0, 0.05) is 25.8 Å². The van der Waals surface area contributed by atoms with Crippen molar-refractivity contribution in [3.05, 3.63) is 59.8 Å². The lowest BCUT2D eigenvalue weighted by Crippen LogP contribution is -2.26. The first-order valence-corrected chi connectivity index (χ1v) is 11.4. The molecule has 0 aromatic heterocycles. The highest BCUT2D eigenvalue weighted by molar-refractivity contribution is 5.95. The highest BCUT2D eigenvalue weighted by atomic mass is 16.1. The van der Waals surface area contributed by atoms with Crippen LogP contribution in [-0.4, -0.2) is 18.0 Å². The van der Waals surface area contributed by atoms with E-state index in [1.165, 1.54) is 35.3 Å². The van der Waals surface area contributed by atoms with Gasteiger partial charge in [0.15, 0.2) is 0 Å². The number of fused-ring (bicyclic) bond motifs is 1. The van der Waals surface area contributed by atoms with Crippen molar-refractivity contribution in [1.29, 1.82) is 5.41 Å². The molecule has 2 aromatic rings. The molecule has 1 heterocycles. The minimum atomic E-state index is -0.170. The number of terminal acetylenes is 1. The molecule has 0 unspecified atom stereocenters. The second kappa shape index (κ2) is 21.1. The summed E-state index contributed by atoms with van der Waals surface area (Å²) in [6.45, 7) is 11.6. The second-order valence-electron chi connectivity index (χ2n) is 6.52. The second-order valence-corrected chi connectivity index (χ2v) is 6.52. The number of amidine groups is 1. The Morgan fingerprint density at radius 3 is 2.09 bits per heavy atom. The minimum Gasteiger partial charge on any atom is -0.315 e. The number of hydrogen-bond donors (Lipinski definition) is 2. The monoisotopic (exact) mass is 435 g/mol. The quantitative estimate of drug-likeness (QED) is 0.296. The van der Waals surface area contributed by atoms with Crippen LogP contribution in [0.15, 0.2) is 59.2 Å².